The van der Waals surface area contributed by atoms with Crippen LogP contribution in [-0.4, -0.2) is 25.7 Å². The van der Waals surface area contributed by atoms with E-state index in [0.717, 1.165) is 30.5 Å². The molecule has 1 aliphatic rings. The molecule has 1 aromatic rings. The van der Waals surface area contributed by atoms with Crippen molar-refractivity contribution in [1.82, 2.24) is 5.32 Å². The third-order valence-corrected chi connectivity index (χ3v) is 4.44. The number of carbonyl (C=O) groups is 1. The Morgan fingerprint density at radius 2 is 2.16 bits per heavy atom. The molecule has 3 nitrogen and oxygen atoms in total. The lowest BCUT2D eigenvalue weighted by Gasteiger charge is -2.33. The summed E-state index contributed by atoms with van der Waals surface area (Å²) in [6.45, 7) is 4.41. The number of hydrogen-bond donors (Lipinski definition) is 1. The zero-order chi connectivity index (χ0) is 13.9. The van der Waals surface area contributed by atoms with E-state index in [1.54, 1.807) is 18.2 Å². The second-order valence-electron chi connectivity index (χ2n) is 5.23. The molecule has 0 saturated carbocycles. The van der Waals surface area contributed by atoms with Gasteiger partial charge in [0.2, 0.25) is 0 Å². The maximum atomic E-state index is 12.1. The molecule has 0 unspecified atom stereocenters. The van der Waals surface area contributed by atoms with Gasteiger partial charge in [-0.2, -0.15) is 0 Å². The first-order chi connectivity index (χ1) is 9.00. The van der Waals surface area contributed by atoms with E-state index in [1.807, 2.05) is 0 Å². The molecule has 0 spiro atoms. The fourth-order valence-electron chi connectivity index (χ4n) is 2.10. The van der Waals surface area contributed by atoms with Crippen LogP contribution in [0.15, 0.2) is 22.7 Å². The topological polar surface area (TPSA) is 38.3 Å². The second-order valence-corrected chi connectivity index (χ2v) is 6.52. The first kappa shape index (κ1) is 14.8. The molecule has 1 aliphatic heterocycles. The normalized spacial score (nSPS) is 18.1. The number of carbonyl (C=O) groups excluding carboxylic acids is 1. The smallest absolute Gasteiger partial charge is 0.252 e. The molecule has 0 aliphatic carbocycles. The monoisotopic (exact) mass is 345 g/mol. The summed E-state index contributed by atoms with van der Waals surface area (Å²) >= 11 is 9.23. The molecule has 104 valence electrons. The molecular formula is C14H17BrClNO2. The van der Waals surface area contributed by atoms with Crippen LogP contribution in [0.5, 0.6) is 0 Å². The second kappa shape index (κ2) is 6.25. The number of rotatable bonds is 3. The van der Waals surface area contributed by atoms with Crippen molar-refractivity contribution in [2.75, 3.05) is 19.8 Å². The zero-order valence-electron chi connectivity index (χ0n) is 10.8. The maximum Gasteiger partial charge on any atom is 0.252 e. The predicted octanol–water partition coefficient (Wildman–Crippen LogP) is 3.65. The molecular weight excluding hydrogens is 330 g/mol. The van der Waals surface area contributed by atoms with E-state index >= 15 is 0 Å². The number of benzene rings is 1. The molecule has 5 heteroatoms. The van der Waals surface area contributed by atoms with Gasteiger partial charge in [-0.15, -0.1) is 0 Å². The van der Waals surface area contributed by atoms with Crippen LogP contribution >= 0.6 is 27.5 Å². The van der Waals surface area contributed by atoms with Crippen molar-refractivity contribution in [3.63, 3.8) is 0 Å². The van der Waals surface area contributed by atoms with Crippen molar-refractivity contribution >= 4 is 33.4 Å². The third kappa shape index (κ3) is 3.94. The first-order valence-electron chi connectivity index (χ1n) is 6.31. The van der Waals surface area contributed by atoms with Crippen LogP contribution in [-0.2, 0) is 4.74 Å². The van der Waals surface area contributed by atoms with Crippen molar-refractivity contribution < 1.29 is 9.53 Å². The van der Waals surface area contributed by atoms with Gasteiger partial charge in [-0.25, -0.2) is 0 Å². The Balaban J connectivity index is 1.97. The highest BCUT2D eigenvalue weighted by atomic mass is 79.9. The molecule has 1 aromatic carbocycles. The molecule has 19 heavy (non-hydrogen) atoms. The fraction of sp³-hybridized carbons (Fsp3) is 0.500. The van der Waals surface area contributed by atoms with Gasteiger partial charge in [-0.3, -0.25) is 4.79 Å². The lowest BCUT2D eigenvalue weighted by molar-refractivity contribution is 0.0238. The predicted molar refractivity (Wildman–Crippen MR) is 79.6 cm³/mol. The minimum atomic E-state index is -0.0729. The standard InChI is InChI=1S/C14H17BrClNO2/c1-14(4-6-19-7-5-14)9-17-13(18)11-3-2-10(16)8-12(11)15/h2-3,8H,4-7,9H2,1H3,(H,17,18). The van der Waals surface area contributed by atoms with Crippen molar-refractivity contribution in [3.05, 3.63) is 33.3 Å². The average molecular weight is 347 g/mol. The van der Waals surface area contributed by atoms with E-state index in [0.29, 0.717) is 17.1 Å². The summed E-state index contributed by atoms with van der Waals surface area (Å²) in [4.78, 5) is 12.1. The average Bonchev–Trinajstić information content (AvgIpc) is 2.37. The van der Waals surface area contributed by atoms with Gasteiger partial charge in [0, 0.05) is 29.3 Å². The molecule has 1 N–H and O–H groups in total. The van der Waals surface area contributed by atoms with Gasteiger partial charge in [0.05, 0.1) is 5.56 Å². The van der Waals surface area contributed by atoms with E-state index in [-0.39, 0.29) is 11.3 Å². The van der Waals surface area contributed by atoms with Crippen LogP contribution in [0.3, 0.4) is 0 Å². The number of amides is 1. The summed E-state index contributed by atoms with van der Waals surface area (Å²) in [5, 5.41) is 3.61. The minimum absolute atomic E-state index is 0.0729. The summed E-state index contributed by atoms with van der Waals surface area (Å²) in [5.74, 6) is -0.0729. The van der Waals surface area contributed by atoms with Crippen molar-refractivity contribution in [1.29, 1.82) is 0 Å². The van der Waals surface area contributed by atoms with E-state index in [1.165, 1.54) is 0 Å². The quantitative estimate of drug-likeness (QED) is 0.907. The number of nitrogens with one attached hydrogen (secondary N) is 1. The van der Waals surface area contributed by atoms with E-state index in [2.05, 4.69) is 28.2 Å². The molecule has 0 radical (unpaired) electrons. The lowest BCUT2D eigenvalue weighted by Crippen LogP contribution is -2.39. The van der Waals surface area contributed by atoms with Crippen LogP contribution in [0.1, 0.15) is 30.1 Å². The van der Waals surface area contributed by atoms with Gasteiger partial charge >= 0.3 is 0 Å². The number of ether oxygens (including phenoxy) is 1. The van der Waals surface area contributed by atoms with Crippen molar-refractivity contribution in [3.8, 4) is 0 Å². The van der Waals surface area contributed by atoms with Gasteiger partial charge in [0.1, 0.15) is 0 Å². The highest BCUT2D eigenvalue weighted by molar-refractivity contribution is 9.10. The largest absolute Gasteiger partial charge is 0.381 e. The fourth-order valence-corrected chi connectivity index (χ4v) is 2.97. The van der Waals surface area contributed by atoms with Gasteiger partial charge in [-0.1, -0.05) is 18.5 Å². The van der Waals surface area contributed by atoms with Crippen LogP contribution in [0, 0.1) is 5.41 Å². The van der Waals surface area contributed by atoms with Crippen LogP contribution in [0.2, 0.25) is 5.02 Å². The zero-order valence-corrected chi connectivity index (χ0v) is 13.2. The molecule has 1 amide bonds. The highest BCUT2D eigenvalue weighted by Gasteiger charge is 2.28. The summed E-state index contributed by atoms with van der Waals surface area (Å²) in [7, 11) is 0. The van der Waals surface area contributed by atoms with E-state index in [9.17, 15) is 4.79 Å². The van der Waals surface area contributed by atoms with Gasteiger partial charge in [0.15, 0.2) is 0 Å². The first-order valence-corrected chi connectivity index (χ1v) is 7.48. The van der Waals surface area contributed by atoms with Crippen LogP contribution < -0.4 is 5.32 Å². The number of halogens is 2. The van der Waals surface area contributed by atoms with Crippen LogP contribution in [0.25, 0.3) is 0 Å². The van der Waals surface area contributed by atoms with E-state index in [4.69, 9.17) is 16.3 Å². The summed E-state index contributed by atoms with van der Waals surface area (Å²) < 4.78 is 6.07. The summed E-state index contributed by atoms with van der Waals surface area (Å²) in [6, 6.07) is 5.18. The minimum Gasteiger partial charge on any atom is -0.381 e. The molecule has 1 saturated heterocycles. The van der Waals surface area contributed by atoms with Crippen LogP contribution in [0.4, 0.5) is 0 Å². The van der Waals surface area contributed by atoms with Gasteiger partial charge in [0.25, 0.3) is 5.91 Å². The molecule has 2 rings (SSSR count). The van der Waals surface area contributed by atoms with Gasteiger partial charge in [-0.05, 0) is 52.4 Å². The Hall–Kier alpha value is -0.580. The number of hydrogen-bond acceptors (Lipinski definition) is 2. The Morgan fingerprint density at radius 3 is 2.79 bits per heavy atom. The Kier molecular flexibility index (Phi) is 4.87. The Morgan fingerprint density at radius 1 is 1.47 bits per heavy atom. The molecule has 0 atom stereocenters. The Bertz CT molecular complexity index is 473. The summed E-state index contributed by atoms with van der Waals surface area (Å²) in [5.41, 5.74) is 0.743. The highest BCUT2D eigenvalue weighted by Crippen LogP contribution is 2.29. The summed E-state index contributed by atoms with van der Waals surface area (Å²) in [6.07, 6.45) is 1.96. The molecule has 1 fully saturated rings. The third-order valence-electron chi connectivity index (χ3n) is 3.55. The van der Waals surface area contributed by atoms with Gasteiger partial charge < -0.3 is 10.1 Å². The molecule has 0 bridgehead atoms. The lowest BCUT2D eigenvalue weighted by atomic mass is 9.82. The Labute approximate surface area is 126 Å². The SMILES string of the molecule is CC1(CNC(=O)c2ccc(Cl)cc2Br)CCOCC1. The van der Waals surface area contributed by atoms with Crippen molar-refractivity contribution in [2.45, 2.75) is 19.8 Å². The van der Waals surface area contributed by atoms with Crippen molar-refractivity contribution in [2.24, 2.45) is 5.41 Å². The maximum absolute atomic E-state index is 12.1. The van der Waals surface area contributed by atoms with E-state index < -0.39 is 0 Å². The molecule has 1 heterocycles. The molecule has 0 aromatic heterocycles.